The van der Waals surface area contributed by atoms with Gasteiger partial charge < -0.3 is 17.9 Å². The number of hydrogen-bond acceptors (Lipinski definition) is 12. The maximum atomic E-state index is 5.30. The van der Waals surface area contributed by atoms with Crippen molar-refractivity contribution in [1.29, 1.82) is 0 Å². The van der Waals surface area contributed by atoms with Crippen LogP contribution in [0.1, 0.15) is 202 Å². The van der Waals surface area contributed by atoms with Gasteiger partial charge in [-0.2, -0.15) is 4.37 Å². The molecule has 2 aliphatic heterocycles. The Hall–Kier alpha value is -7.79. The van der Waals surface area contributed by atoms with Crippen molar-refractivity contribution in [2.75, 3.05) is 13.1 Å². The van der Waals surface area contributed by atoms with Crippen molar-refractivity contribution >= 4 is 23.0 Å². The van der Waals surface area contributed by atoms with E-state index in [0.717, 1.165) is 53.0 Å². The summed E-state index contributed by atoms with van der Waals surface area (Å²) in [7, 11) is 0. The van der Waals surface area contributed by atoms with E-state index < -0.39 is 0 Å². The van der Waals surface area contributed by atoms with Crippen LogP contribution in [0.25, 0.3) is 0 Å². The summed E-state index contributed by atoms with van der Waals surface area (Å²) in [5.41, 5.74) is 8.48. The third kappa shape index (κ3) is 23.3. The van der Waals surface area contributed by atoms with E-state index in [1.807, 2.05) is 53.7 Å². The molecule has 0 atom stereocenters. The number of allylic oxidation sites excluding steroid dienone is 2. The third-order valence-corrected chi connectivity index (χ3v) is 11.9. The number of aromatic nitrogens is 5. The van der Waals surface area contributed by atoms with Crippen molar-refractivity contribution in [2.45, 2.75) is 172 Å². The Bertz CT molecular complexity index is 2890. The predicted molar refractivity (Wildman–Crippen MR) is 319 cm³/mol. The summed E-state index contributed by atoms with van der Waals surface area (Å²) < 4.78 is 24.1. The average molecular weight is 1060 g/mol. The monoisotopic (exact) mass is 1060 g/mol. The molecule has 5 aromatic rings. The zero-order chi connectivity index (χ0) is 59.4. The van der Waals surface area contributed by atoms with Gasteiger partial charge in [-0.3, -0.25) is 9.98 Å². The van der Waals surface area contributed by atoms with Gasteiger partial charge in [-0.15, -0.1) is 45.0 Å². The lowest BCUT2D eigenvalue weighted by Gasteiger charge is -2.19. The second-order valence-corrected chi connectivity index (χ2v) is 25.5. The third-order valence-electron chi connectivity index (χ3n) is 10.7. The number of hydrogen-bond donors (Lipinski definition) is 0. The summed E-state index contributed by atoms with van der Waals surface area (Å²) in [6, 6.07) is 3.77. The molecule has 0 unspecified atom stereocenters. The second-order valence-electron chi connectivity index (χ2n) is 24.7. The predicted octanol–water partition coefficient (Wildman–Crippen LogP) is 14.3. The van der Waals surface area contributed by atoms with Crippen LogP contribution in [-0.4, -0.2) is 49.2 Å². The number of oxazole rings is 2. The van der Waals surface area contributed by atoms with Crippen LogP contribution >= 0.6 is 11.5 Å². The first-order valence-electron chi connectivity index (χ1n) is 24.9. The van der Waals surface area contributed by atoms with Gasteiger partial charge in [0.1, 0.15) is 41.2 Å². The molecule has 5 aromatic heterocycles. The average Bonchev–Trinajstić information content (AvgIpc) is 4.18. The van der Waals surface area contributed by atoms with Crippen molar-refractivity contribution in [3.63, 3.8) is 0 Å². The lowest BCUT2D eigenvalue weighted by molar-refractivity contribution is 0.328. The van der Waals surface area contributed by atoms with Crippen LogP contribution in [0.4, 0.5) is 0 Å². The fourth-order valence-corrected chi connectivity index (χ4v) is 6.54. The van der Waals surface area contributed by atoms with Gasteiger partial charge in [0.25, 0.3) is 11.8 Å². The Morgan fingerprint density at radius 1 is 0.545 bits per heavy atom. The molecule has 0 N–H and O–H groups in total. The maximum absolute atomic E-state index is 5.30. The molecule has 0 aliphatic carbocycles. The lowest BCUT2D eigenvalue weighted by atomic mass is 9.84. The summed E-state index contributed by atoms with van der Waals surface area (Å²) in [5, 5.41) is 7.38. The molecule has 0 saturated carbocycles. The highest BCUT2D eigenvalue weighted by Crippen LogP contribution is 2.30. The Balaban J connectivity index is 0.000000449. The summed E-state index contributed by atoms with van der Waals surface area (Å²) in [6.07, 6.45) is 45.3. The molecule has 0 aromatic carbocycles. The van der Waals surface area contributed by atoms with E-state index in [0.29, 0.717) is 23.2 Å². The van der Waals surface area contributed by atoms with Crippen molar-refractivity contribution in [2.24, 2.45) is 20.8 Å². The van der Waals surface area contributed by atoms with Crippen LogP contribution in [0.2, 0.25) is 0 Å². The first kappa shape index (κ1) is 67.2. The van der Waals surface area contributed by atoms with Gasteiger partial charge >= 0.3 is 0 Å². The molecular formula is C65H81N7O4S. The molecule has 77 heavy (non-hydrogen) atoms. The molecule has 2 aliphatic rings. The molecule has 0 fully saturated rings. The van der Waals surface area contributed by atoms with Gasteiger partial charge in [-0.1, -0.05) is 174 Å². The van der Waals surface area contributed by atoms with Crippen LogP contribution in [0.15, 0.2) is 82.0 Å². The smallest absolute Gasteiger partial charge is 0.273 e. The number of rotatable bonds is 0. The fourth-order valence-electron chi connectivity index (χ4n) is 5.80. The summed E-state index contributed by atoms with van der Waals surface area (Å²) in [6.45, 7) is 45.7. The van der Waals surface area contributed by atoms with Crippen LogP contribution in [0.5, 0.6) is 0 Å². The Labute approximate surface area is 466 Å². The Kier molecular flexibility index (Phi) is 24.8. The molecule has 7 heterocycles. The molecule has 0 amide bonds. The van der Waals surface area contributed by atoms with E-state index in [2.05, 4.69) is 186 Å². The van der Waals surface area contributed by atoms with Crippen LogP contribution < -0.4 is 0 Å². The van der Waals surface area contributed by atoms with Crippen LogP contribution in [0.3, 0.4) is 0 Å². The topological polar surface area (TPSA) is 142 Å². The summed E-state index contributed by atoms with van der Waals surface area (Å²) >= 11 is 1.49. The van der Waals surface area contributed by atoms with Crippen molar-refractivity contribution < 1.29 is 17.9 Å². The van der Waals surface area contributed by atoms with Gasteiger partial charge in [0, 0.05) is 32.8 Å². The van der Waals surface area contributed by atoms with E-state index in [4.69, 9.17) is 62.8 Å². The molecule has 406 valence electrons. The number of aliphatic imine (C=N–C) groups is 2. The van der Waals surface area contributed by atoms with Crippen molar-refractivity contribution in [3.05, 3.63) is 111 Å². The van der Waals surface area contributed by atoms with Crippen molar-refractivity contribution in [1.82, 2.24) is 24.7 Å². The van der Waals surface area contributed by atoms with Gasteiger partial charge in [-0.25, -0.2) is 9.97 Å². The van der Waals surface area contributed by atoms with E-state index in [1.165, 1.54) is 27.6 Å². The molecule has 7 rings (SSSR count). The highest BCUT2D eigenvalue weighted by Gasteiger charge is 2.24. The molecule has 0 spiro atoms. The van der Waals surface area contributed by atoms with Gasteiger partial charge in [-0.05, 0) is 86.1 Å². The molecule has 0 saturated heterocycles. The Morgan fingerprint density at radius 3 is 1.44 bits per heavy atom. The summed E-state index contributed by atoms with van der Waals surface area (Å²) in [4.78, 5) is 17.6. The molecule has 0 radical (unpaired) electrons. The van der Waals surface area contributed by atoms with Crippen molar-refractivity contribution in [3.8, 4) is 86.4 Å². The molecular weight excluding hydrogens is 975 g/mol. The molecule has 0 bridgehead atoms. The van der Waals surface area contributed by atoms with Gasteiger partial charge in [0.2, 0.25) is 0 Å². The standard InChI is InChI=1S/2C10H13N.4C9H11NO.C9H11NS/c1-5-9-6-8(7-11-9)10(2,3)4;1-5-9-8(6-7-11-9)10(2,3)4;1-5-8-10-7(6-11-8)9(2,3)4;1-5-8-10-6-7(11-8)9(2,3)4;1-5-8-7(6-11-10-8)9(2,3)4;2*1-5-7-6-8(11-10-7)9(2,3)4/h2*1,6H,7H2,2-4H3;5*1,6H,2-4H3. The minimum atomic E-state index is -0.0118. The zero-order valence-electron chi connectivity index (χ0n) is 49.7. The Morgan fingerprint density at radius 2 is 1.14 bits per heavy atom. The second kappa shape index (κ2) is 28.4. The normalized spacial score (nSPS) is 12.9. The van der Waals surface area contributed by atoms with E-state index in [-0.39, 0.29) is 37.9 Å². The van der Waals surface area contributed by atoms with E-state index in [1.54, 1.807) is 24.8 Å². The molecule has 12 heteroatoms. The lowest BCUT2D eigenvalue weighted by Crippen LogP contribution is -2.14. The molecule has 11 nitrogen and oxygen atoms in total. The first-order chi connectivity index (χ1) is 35.3. The minimum absolute atomic E-state index is 0.0118. The number of terminal acetylenes is 7. The minimum Gasteiger partial charge on any atom is -0.438 e. The van der Waals surface area contributed by atoms with Gasteiger partial charge in [0.15, 0.2) is 11.4 Å². The van der Waals surface area contributed by atoms with E-state index >= 15 is 0 Å². The first-order valence-corrected chi connectivity index (χ1v) is 25.7. The largest absolute Gasteiger partial charge is 0.438 e. The van der Waals surface area contributed by atoms with Crippen LogP contribution in [-0.2, 0) is 27.1 Å². The zero-order valence-corrected chi connectivity index (χ0v) is 50.5. The highest BCUT2D eigenvalue weighted by atomic mass is 32.1. The highest BCUT2D eigenvalue weighted by molar-refractivity contribution is 7.06. The van der Waals surface area contributed by atoms with Gasteiger partial charge in [0.05, 0.1) is 25.0 Å². The summed E-state index contributed by atoms with van der Waals surface area (Å²) in [5.74, 6) is 19.6. The van der Waals surface area contributed by atoms with E-state index in [9.17, 15) is 0 Å². The fraction of sp³-hybridized carbons (Fsp3) is 0.462. The van der Waals surface area contributed by atoms with Crippen LogP contribution in [0, 0.1) is 97.2 Å². The maximum Gasteiger partial charge on any atom is 0.273 e. The number of nitrogens with zero attached hydrogens (tertiary/aromatic N) is 7. The quantitative estimate of drug-likeness (QED) is 0.139. The SMILES string of the molecule is C#CC1=NCC(C(C)(C)C)=C1.C#CC1=NCC=C1C(C)(C)C.C#Cc1cc(C(C)(C)C)on1.C#Cc1cc(C(C)(C)C)sn1.C#Cc1nc(C(C)(C)C)co1.C#Cc1ncc(C(C)(C)C)o1.C#Cc1nocc1C(C)(C)C.